The van der Waals surface area contributed by atoms with Gasteiger partial charge >= 0.3 is 0 Å². The number of nitrogens with one attached hydrogen (secondary N) is 1. The number of benzene rings is 1. The van der Waals surface area contributed by atoms with Crippen LogP contribution in [0.1, 0.15) is 44.5 Å². The second-order valence-electron chi connectivity index (χ2n) is 5.83. The van der Waals surface area contributed by atoms with Gasteiger partial charge in [-0.3, -0.25) is 4.79 Å². The van der Waals surface area contributed by atoms with Gasteiger partial charge in [-0.25, -0.2) is 13.1 Å². The van der Waals surface area contributed by atoms with Crippen LogP contribution in [0.15, 0.2) is 29.2 Å². The van der Waals surface area contributed by atoms with E-state index in [1.54, 1.807) is 18.7 Å². The average Bonchev–Trinajstić information content (AvgIpc) is 2.58. The van der Waals surface area contributed by atoms with Gasteiger partial charge in [-0.05, 0) is 51.5 Å². The molecular formula is C17H25N3O3S. The van der Waals surface area contributed by atoms with Crippen molar-refractivity contribution in [1.29, 1.82) is 5.26 Å². The molecule has 7 heteroatoms. The van der Waals surface area contributed by atoms with Gasteiger partial charge in [-0.2, -0.15) is 5.26 Å². The fourth-order valence-corrected chi connectivity index (χ4v) is 3.43. The van der Waals surface area contributed by atoms with E-state index in [9.17, 15) is 13.2 Å². The van der Waals surface area contributed by atoms with Crippen molar-refractivity contribution in [3.8, 4) is 6.07 Å². The number of hydrogen-bond donors (Lipinski definition) is 1. The summed E-state index contributed by atoms with van der Waals surface area (Å²) in [5.74, 6) is -0.466. The first-order valence-corrected chi connectivity index (χ1v) is 9.54. The zero-order valence-corrected chi connectivity index (χ0v) is 15.4. The van der Waals surface area contributed by atoms with Crippen LogP contribution in [-0.2, 0) is 10.0 Å². The molecule has 6 nitrogen and oxygen atoms in total. The first-order chi connectivity index (χ1) is 11.2. The van der Waals surface area contributed by atoms with Crippen LogP contribution in [-0.4, -0.2) is 38.4 Å². The van der Waals surface area contributed by atoms with Gasteiger partial charge in [0.15, 0.2) is 0 Å². The fraction of sp³-hybridized carbons (Fsp3) is 0.529. The summed E-state index contributed by atoms with van der Waals surface area (Å²) in [6, 6.07) is 7.83. The Bertz CT molecular complexity index is 693. The highest BCUT2D eigenvalue weighted by Crippen LogP contribution is 2.14. The molecule has 1 aromatic carbocycles. The van der Waals surface area contributed by atoms with Gasteiger partial charge in [0.1, 0.15) is 0 Å². The largest absolute Gasteiger partial charge is 0.338 e. The van der Waals surface area contributed by atoms with Gasteiger partial charge in [0.25, 0.3) is 5.91 Å². The third-order valence-corrected chi connectivity index (χ3v) is 5.37. The number of rotatable bonds is 8. The van der Waals surface area contributed by atoms with E-state index in [-0.39, 0.29) is 22.8 Å². The van der Waals surface area contributed by atoms with Crippen molar-refractivity contribution in [2.75, 3.05) is 13.1 Å². The van der Waals surface area contributed by atoms with Crippen molar-refractivity contribution < 1.29 is 13.2 Å². The lowest BCUT2D eigenvalue weighted by Crippen LogP contribution is -2.34. The maximum absolute atomic E-state index is 12.5. The van der Waals surface area contributed by atoms with Gasteiger partial charge in [-0.1, -0.05) is 6.92 Å². The Labute approximate surface area is 144 Å². The molecule has 0 aliphatic rings. The summed E-state index contributed by atoms with van der Waals surface area (Å²) >= 11 is 0. The average molecular weight is 351 g/mol. The van der Waals surface area contributed by atoms with E-state index < -0.39 is 10.0 Å². The zero-order valence-electron chi connectivity index (χ0n) is 14.6. The van der Waals surface area contributed by atoms with Crippen LogP contribution in [0.5, 0.6) is 0 Å². The molecule has 0 saturated carbocycles. The Balaban J connectivity index is 2.94. The Morgan fingerprint density at radius 2 is 1.83 bits per heavy atom. The van der Waals surface area contributed by atoms with E-state index >= 15 is 0 Å². The molecule has 0 spiro atoms. The van der Waals surface area contributed by atoms with E-state index in [0.717, 1.165) is 0 Å². The Kier molecular flexibility index (Phi) is 7.39. The molecule has 24 heavy (non-hydrogen) atoms. The molecular weight excluding hydrogens is 326 g/mol. The summed E-state index contributed by atoms with van der Waals surface area (Å²) in [7, 11) is -3.58. The summed E-state index contributed by atoms with van der Waals surface area (Å²) in [6.45, 7) is 8.13. The third-order valence-electron chi connectivity index (χ3n) is 3.76. The number of carbonyl (C=O) groups is 1. The van der Waals surface area contributed by atoms with Crippen LogP contribution in [0.25, 0.3) is 0 Å². The monoisotopic (exact) mass is 351 g/mol. The van der Waals surface area contributed by atoms with E-state index in [1.165, 1.54) is 24.3 Å². The van der Waals surface area contributed by atoms with Crippen molar-refractivity contribution in [1.82, 2.24) is 9.62 Å². The number of nitrogens with zero attached hydrogens (tertiary/aromatic N) is 2. The van der Waals surface area contributed by atoms with Gasteiger partial charge in [0.2, 0.25) is 10.0 Å². The van der Waals surface area contributed by atoms with Crippen molar-refractivity contribution in [3.05, 3.63) is 29.8 Å². The molecule has 0 fully saturated rings. The molecule has 0 radical (unpaired) electrons. The molecule has 0 aliphatic heterocycles. The highest BCUT2D eigenvalue weighted by molar-refractivity contribution is 7.89. The first kappa shape index (κ1) is 20.1. The predicted molar refractivity (Wildman–Crippen MR) is 92.9 cm³/mol. The predicted octanol–water partition coefficient (Wildman–Crippen LogP) is 2.39. The van der Waals surface area contributed by atoms with Crippen LogP contribution in [0.3, 0.4) is 0 Å². The summed E-state index contributed by atoms with van der Waals surface area (Å²) < 4.78 is 27.0. The molecule has 1 N–H and O–H groups in total. The minimum Gasteiger partial charge on any atom is -0.338 e. The molecule has 0 bridgehead atoms. The van der Waals surface area contributed by atoms with Crippen molar-refractivity contribution in [2.24, 2.45) is 5.92 Å². The first-order valence-electron chi connectivity index (χ1n) is 8.06. The topological polar surface area (TPSA) is 90.3 Å². The summed E-state index contributed by atoms with van der Waals surface area (Å²) in [4.78, 5) is 14.2. The van der Waals surface area contributed by atoms with Gasteiger partial charge < -0.3 is 4.90 Å². The SMILES string of the molecule is CC[C@H](C)NS(=O)(=O)c1ccc(C(=O)N(CC)C[C@H](C)C#N)cc1. The van der Waals surface area contributed by atoms with Crippen LogP contribution in [0.2, 0.25) is 0 Å². The number of amides is 1. The third kappa shape index (κ3) is 5.32. The van der Waals surface area contributed by atoms with E-state index in [4.69, 9.17) is 5.26 Å². The van der Waals surface area contributed by atoms with Gasteiger partial charge in [0.05, 0.1) is 16.9 Å². The van der Waals surface area contributed by atoms with Crippen molar-refractivity contribution >= 4 is 15.9 Å². The van der Waals surface area contributed by atoms with Gasteiger partial charge in [-0.15, -0.1) is 0 Å². The number of hydrogen-bond acceptors (Lipinski definition) is 4. The fourth-order valence-electron chi connectivity index (χ4n) is 2.10. The molecule has 2 atom stereocenters. The summed E-state index contributed by atoms with van der Waals surface area (Å²) in [6.07, 6.45) is 0.693. The van der Waals surface area contributed by atoms with E-state index in [1.807, 2.05) is 13.8 Å². The normalized spacial score (nSPS) is 13.8. The number of nitriles is 1. The Morgan fingerprint density at radius 3 is 2.29 bits per heavy atom. The Hall–Kier alpha value is -1.91. The molecule has 0 saturated heterocycles. The molecule has 0 aromatic heterocycles. The van der Waals surface area contributed by atoms with Crippen molar-refractivity contribution in [2.45, 2.75) is 45.1 Å². The zero-order chi connectivity index (χ0) is 18.3. The minimum absolute atomic E-state index is 0.132. The second-order valence-corrected chi connectivity index (χ2v) is 7.54. The maximum Gasteiger partial charge on any atom is 0.253 e. The Morgan fingerprint density at radius 1 is 1.25 bits per heavy atom. The molecule has 1 aromatic rings. The smallest absolute Gasteiger partial charge is 0.253 e. The quantitative estimate of drug-likeness (QED) is 0.778. The highest BCUT2D eigenvalue weighted by Gasteiger charge is 2.19. The summed E-state index contributed by atoms with van der Waals surface area (Å²) in [5.41, 5.74) is 0.407. The van der Waals surface area contributed by atoms with Crippen molar-refractivity contribution in [3.63, 3.8) is 0 Å². The molecule has 132 valence electrons. The van der Waals surface area contributed by atoms with Crippen LogP contribution in [0.4, 0.5) is 0 Å². The number of sulfonamides is 1. The maximum atomic E-state index is 12.5. The van der Waals surface area contributed by atoms with Crippen LogP contribution >= 0.6 is 0 Å². The second kappa shape index (κ2) is 8.81. The lowest BCUT2D eigenvalue weighted by atomic mass is 10.1. The van der Waals surface area contributed by atoms with E-state index in [0.29, 0.717) is 25.1 Å². The molecule has 1 amide bonds. The number of carbonyl (C=O) groups excluding carboxylic acids is 1. The standard InChI is InChI=1S/C17H25N3O3S/c1-5-14(4)19-24(22,23)16-9-7-15(8-10-16)17(21)20(6-2)12-13(3)11-18/h7-10,13-14,19H,5-6,12H2,1-4H3/t13-,14+/m1/s1. The lowest BCUT2D eigenvalue weighted by molar-refractivity contribution is 0.0752. The minimum atomic E-state index is -3.58. The lowest BCUT2D eigenvalue weighted by Gasteiger charge is -2.22. The molecule has 0 unspecified atom stereocenters. The van der Waals surface area contributed by atoms with Gasteiger partial charge in [0, 0.05) is 24.7 Å². The molecule has 1 rings (SSSR count). The molecule has 0 heterocycles. The highest BCUT2D eigenvalue weighted by atomic mass is 32.2. The van der Waals surface area contributed by atoms with Crippen LogP contribution < -0.4 is 4.72 Å². The van der Waals surface area contributed by atoms with E-state index in [2.05, 4.69) is 10.8 Å². The summed E-state index contributed by atoms with van der Waals surface area (Å²) in [5, 5.41) is 8.89. The van der Waals surface area contributed by atoms with Crippen LogP contribution in [0, 0.1) is 17.2 Å². The molecule has 0 aliphatic carbocycles.